The molecule has 0 aliphatic carbocycles. The largest absolute Gasteiger partial charge is 0.388 e. The van der Waals surface area contributed by atoms with Gasteiger partial charge in [-0.1, -0.05) is 11.6 Å². The van der Waals surface area contributed by atoms with Gasteiger partial charge in [0, 0.05) is 6.54 Å². The smallest absolute Gasteiger partial charge is 0.255 e. The maximum absolute atomic E-state index is 12.7. The van der Waals surface area contributed by atoms with Crippen molar-refractivity contribution >= 4 is 17.5 Å². The van der Waals surface area contributed by atoms with E-state index >= 15 is 0 Å². The number of carbonyl (C=O) groups excluding carboxylic acids is 1. The molecule has 4 heteroatoms. The van der Waals surface area contributed by atoms with Gasteiger partial charge in [0.05, 0.1) is 22.2 Å². The molecule has 20 heavy (non-hydrogen) atoms. The van der Waals surface area contributed by atoms with Crippen LogP contribution in [0.1, 0.15) is 48.2 Å². The Morgan fingerprint density at radius 2 is 1.95 bits per heavy atom. The molecule has 0 saturated carbocycles. The van der Waals surface area contributed by atoms with Gasteiger partial charge in [-0.25, -0.2) is 0 Å². The number of carbonyl (C=O) groups is 1. The molecule has 3 nitrogen and oxygen atoms in total. The SMILES string of the molecule is Cc1cc(Cl)c(C(=O)N2CCCC2C(C)(C)O)cc1C. The summed E-state index contributed by atoms with van der Waals surface area (Å²) in [6.07, 6.45) is 1.75. The molecule has 0 aromatic heterocycles. The van der Waals surface area contributed by atoms with Gasteiger partial charge in [-0.2, -0.15) is 0 Å². The summed E-state index contributed by atoms with van der Waals surface area (Å²) in [5.41, 5.74) is 1.77. The van der Waals surface area contributed by atoms with Gasteiger partial charge in [0.15, 0.2) is 0 Å². The monoisotopic (exact) mass is 295 g/mol. The summed E-state index contributed by atoms with van der Waals surface area (Å²) in [6, 6.07) is 3.53. The van der Waals surface area contributed by atoms with Crippen molar-refractivity contribution in [1.82, 2.24) is 4.90 Å². The zero-order chi connectivity index (χ0) is 15.1. The summed E-state index contributed by atoms with van der Waals surface area (Å²) < 4.78 is 0. The van der Waals surface area contributed by atoms with Gasteiger partial charge in [-0.15, -0.1) is 0 Å². The van der Waals surface area contributed by atoms with Crippen LogP contribution in [0, 0.1) is 13.8 Å². The van der Waals surface area contributed by atoms with Gasteiger partial charge in [-0.05, 0) is 63.8 Å². The second-order valence-corrected chi connectivity index (χ2v) is 6.63. The van der Waals surface area contributed by atoms with Gasteiger partial charge in [0.2, 0.25) is 0 Å². The molecule has 1 unspecified atom stereocenters. The number of aryl methyl sites for hydroxylation is 2. The summed E-state index contributed by atoms with van der Waals surface area (Å²) in [7, 11) is 0. The molecular formula is C16H22ClNO2. The van der Waals surface area contributed by atoms with E-state index in [4.69, 9.17) is 11.6 Å². The number of benzene rings is 1. The minimum Gasteiger partial charge on any atom is -0.388 e. The molecule has 1 N–H and O–H groups in total. The van der Waals surface area contributed by atoms with Gasteiger partial charge < -0.3 is 10.0 Å². The van der Waals surface area contributed by atoms with E-state index in [-0.39, 0.29) is 11.9 Å². The predicted octanol–water partition coefficient (Wildman–Crippen LogP) is 3.33. The highest BCUT2D eigenvalue weighted by atomic mass is 35.5. The average Bonchev–Trinajstić information content (AvgIpc) is 2.81. The molecule has 1 aliphatic heterocycles. The molecular weight excluding hydrogens is 274 g/mol. The number of hydrogen-bond acceptors (Lipinski definition) is 2. The van der Waals surface area contributed by atoms with Crippen molar-refractivity contribution in [2.75, 3.05) is 6.54 Å². The van der Waals surface area contributed by atoms with Crippen molar-refractivity contribution in [2.45, 2.75) is 52.2 Å². The molecule has 1 amide bonds. The second kappa shape index (κ2) is 5.38. The minimum absolute atomic E-state index is 0.0808. The Labute approximate surface area is 125 Å². The van der Waals surface area contributed by atoms with E-state index in [0.29, 0.717) is 17.1 Å². The minimum atomic E-state index is -0.890. The fourth-order valence-corrected chi connectivity index (χ4v) is 3.14. The Morgan fingerprint density at radius 3 is 2.55 bits per heavy atom. The molecule has 1 atom stereocenters. The molecule has 1 aliphatic rings. The van der Waals surface area contributed by atoms with E-state index < -0.39 is 5.60 Å². The lowest BCUT2D eigenvalue weighted by atomic mass is 9.96. The Balaban J connectivity index is 2.34. The molecule has 1 heterocycles. The number of likely N-dealkylation sites (tertiary alicyclic amines) is 1. The topological polar surface area (TPSA) is 40.5 Å². The average molecular weight is 296 g/mol. The van der Waals surface area contributed by atoms with E-state index in [1.807, 2.05) is 26.0 Å². The van der Waals surface area contributed by atoms with Crippen LogP contribution in [0.15, 0.2) is 12.1 Å². The Kier molecular flexibility index (Phi) is 4.12. The van der Waals surface area contributed by atoms with E-state index in [0.717, 1.165) is 24.0 Å². The lowest BCUT2D eigenvalue weighted by molar-refractivity contribution is 0.000338. The number of rotatable bonds is 2. The second-order valence-electron chi connectivity index (χ2n) is 6.23. The predicted molar refractivity (Wildman–Crippen MR) is 81.3 cm³/mol. The standard InChI is InChI=1S/C16H22ClNO2/c1-10-8-12(13(17)9-11(10)2)15(19)18-7-5-6-14(18)16(3,4)20/h8-9,14,20H,5-7H2,1-4H3. The first-order valence-electron chi connectivity index (χ1n) is 7.02. The summed E-state index contributed by atoms with van der Waals surface area (Å²) in [4.78, 5) is 14.5. The highest BCUT2D eigenvalue weighted by Crippen LogP contribution is 2.30. The third-order valence-corrected chi connectivity index (χ3v) is 4.46. The van der Waals surface area contributed by atoms with E-state index in [1.165, 1.54) is 0 Å². The lowest BCUT2D eigenvalue weighted by Gasteiger charge is -2.34. The summed E-state index contributed by atoms with van der Waals surface area (Å²) >= 11 is 6.23. The van der Waals surface area contributed by atoms with Crippen LogP contribution in [-0.4, -0.2) is 34.1 Å². The highest BCUT2D eigenvalue weighted by molar-refractivity contribution is 6.34. The number of nitrogens with zero attached hydrogens (tertiary/aromatic N) is 1. The van der Waals surface area contributed by atoms with Crippen molar-refractivity contribution in [3.8, 4) is 0 Å². The fraction of sp³-hybridized carbons (Fsp3) is 0.562. The van der Waals surface area contributed by atoms with Crippen LogP contribution in [0.4, 0.5) is 0 Å². The Hall–Kier alpha value is -1.06. The normalized spacial score (nSPS) is 19.5. The lowest BCUT2D eigenvalue weighted by Crippen LogP contribution is -2.48. The fourth-order valence-electron chi connectivity index (χ4n) is 2.84. The first-order chi connectivity index (χ1) is 9.21. The molecule has 110 valence electrons. The molecule has 0 radical (unpaired) electrons. The Morgan fingerprint density at radius 1 is 1.35 bits per heavy atom. The van der Waals surface area contributed by atoms with E-state index in [2.05, 4.69) is 0 Å². The van der Waals surface area contributed by atoms with Crippen LogP contribution in [-0.2, 0) is 0 Å². The number of amides is 1. The number of halogens is 1. The van der Waals surface area contributed by atoms with Gasteiger partial charge in [0.25, 0.3) is 5.91 Å². The van der Waals surface area contributed by atoms with E-state index in [1.54, 1.807) is 18.7 Å². The maximum Gasteiger partial charge on any atom is 0.255 e. The number of hydrogen-bond donors (Lipinski definition) is 1. The molecule has 0 spiro atoms. The van der Waals surface area contributed by atoms with Gasteiger partial charge in [-0.3, -0.25) is 4.79 Å². The molecule has 2 rings (SSSR count). The maximum atomic E-state index is 12.7. The van der Waals surface area contributed by atoms with Crippen LogP contribution in [0.2, 0.25) is 5.02 Å². The van der Waals surface area contributed by atoms with Gasteiger partial charge >= 0.3 is 0 Å². The first kappa shape index (κ1) is 15.3. The van der Waals surface area contributed by atoms with Crippen LogP contribution in [0.25, 0.3) is 0 Å². The third-order valence-electron chi connectivity index (χ3n) is 4.14. The van der Waals surface area contributed by atoms with E-state index in [9.17, 15) is 9.90 Å². The van der Waals surface area contributed by atoms with Gasteiger partial charge in [0.1, 0.15) is 0 Å². The third kappa shape index (κ3) is 2.84. The first-order valence-corrected chi connectivity index (χ1v) is 7.39. The van der Waals surface area contributed by atoms with Crippen LogP contribution in [0.3, 0.4) is 0 Å². The molecule has 1 saturated heterocycles. The summed E-state index contributed by atoms with van der Waals surface area (Å²) in [5, 5.41) is 10.7. The molecule has 1 aromatic carbocycles. The van der Waals surface area contributed by atoms with Crippen molar-refractivity contribution in [1.29, 1.82) is 0 Å². The molecule has 1 fully saturated rings. The highest BCUT2D eigenvalue weighted by Gasteiger charge is 2.39. The van der Waals surface area contributed by atoms with Crippen molar-refractivity contribution < 1.29 is 9.90 Å². The molecule has 0 bridgehead atoms. The van der Waals surface area contributed by atoms with Crippen LogP contribution >= 0.6 is 11.6 Å². The molecule has 1 aromatic rings. The summed E-state index contributed by atoms with van der Waals surface area (Å²) in [5.74, 6) is -0.0808. The van der Waals surface area contributed by atoms with Crippen LogP contribution < -0.4 is 0 Å². The summed E-state index contributed by atoms with van der Waals surface area (Å²) in [6.45, 7) is 8.14. The Bertz CT molecular complexity index is 534. The van der Waals surface area contributed by atoms with Crippen LogP contribution in [0.5, 0.6) is 0 Å². The zero-order valence-corrected chi connectivity index (χ0v) is 13.3. The number of aliphatic hydroxyl groups is 1. The van der Waals surface area contributed by atoms with Crippen molar-refractivity contribution in [3.63, 3.8) is 0 Å². The quantitative estimate of drug-likeness (QED) is 0.909. The zero-order valence-electron chi connectivity index (χ0n) is 12.5. The van der Waals surface area contributed by atoms with Crippen molar-refractivity contribution in [2.24, 2.45) is 0 Å². The van der Waals surface area contributed by atoms with Crippen molar-refractivity contribution in [3.05, 3.63) is 33.8 Å².